The normalized spacial score (nSPS) is 20.6. The summed E-state index contributed by atoms with van der Waals surface area (Å²) in [5.41, 5.74) is 2.42. The van der Waals surface area contributed by atoms with Crippen molar-refractivity contribution in [3.8, 4) is 0 Å². The lowest BCUT2D eigenvalue weighted by molar-refractivity contribution is 0.420. The molecule has 0 aliphatic carbocycles. The van der Waals surface area contributed by atoms with Gasteiger partial charge in [-0.3, -0.25) is 0 Å². The molecule has 96 valence electrons. The summed E-state index contributed by atoms with van der Waals surface area (Å²) in [6, 6.07) is 0.760. The number of aromatic nitrogens is 3. The molecule has 1 aliphatic rings. The Hall–Kier alpha value is -1.24. The molecule has 0 bridgehead atoms. The molecule has 3 N–H and O–H groups in total. The van der Waals surface area contributed by atoms with Crippen LogP contribution in [-0.2, 0) is 13.0 Å². The molecule has 0 fully saturated rings. The minimum absolute atomic E-state index is 0.312. The van der Waals surface area contributed by atoms with Gasteiger partial charge in [0.2, 0.25) is 0 Å². The van der Waals surface area contributed by atoms with Crippen LogP contribution in [0.3, 0.4) is 0 Å². The fourth-order valence-corrected chi connectivity index (χ4v) is 2.90. The Balaban J connectivity index is 1.53. The first-order valence-corrected chi connectivity index (χ1v) is 7.08. The summed E-state index contributed by atoms with van der Waals surface area (Å²) in [5.74, 6) is 0. The lowest BCUT2D eigenvalue weighted by Gasteiger charge is -2.24. The van der Waals surface area contributed by atoms with Crippen molar-refractivity contribution in [1.29, 1.82) is 0 Å². The molecule has 0 saturated heterocycles. The zero-order valence-electron chi connectivity index (χ0n) is 10.3. The average molecular weight is 263 g/mol. The van der Waals surface area contributed by atoms with E-state index in [-0.39, 0.29) is 0 Å². The highest BCUT2D eigenvalue weighted by molar-refractivity contribution is 7.09. The molecule has 3 heterocycles. The first kappa shape index (κ1) is 11.8. The standard InChI is InChI=1S/C12H17N5S/c1-8(12-13-2-3-18-12)14-5-9-4-10-11(6-15-9)17-7-16-10/h2-3,7-9,14-15H,4-6H2,1H3,(H,16,17). The van der Waals surface area contributed by atoms with Gasteiger partial charge in [0, 0.05) is 37.1 Å². The fourth-order valence-electron chi connectivity index (χ4n) is 2.23. The van der Waals surface area contributed by atoms with Gasteiger partial charge in [0.15, 0.2) is 0 Å². The molecule has 3 rings (SSSR count). The average Bonchev–Trinajstić information content (AvgIpc) is 3.05. The largest absolute Gasteiger partial charge is 0.347 e. The number of thiazole rings is 1. The topological polar surface area (TPSA) is 65.6 Å². The Morgan fingerprint density at radius 3 is 3.33 bits per heavy atom. The Kier molecular flexibility index (Phi) is 3.40. The van der Waals surface area contributed by atoms with Gasteiger partial charge in [-0.05, 0) is 6.92 Å². The van der Waals surface area contributed by atoms with E-state index < -0.39 is 0 Å². The molecule has 1 aliphatic heterocycles. The van der Waals surface area contributed by atoms with E-state index >= 15 is 0 Å². The minimum atomic E-state index is 0.312. The summed E-state index contributed by atoms with van der Waals surface area (Å²) in [5, 5.41) is 10.2. The lowest BCUT2D eigenvalue weighted by Crippen LogP contribution is -2.43. The first-order chi connectivity index (χ1) is 8.83. The summed E-state index contributed by atoms with van der Waals surface area (Å²) >= 11 is 1.70. The molecule has 0 amide bonds. The predicted molar refractivity (Wildman–Crippen MR) is 71.5 cm³/mol. The zero-order valence-corrected chi connectivity index (χ0v) is 11.1. The Morgan fingerprint density at radius 2 is 2.50 bits per heavy atom. The van der Waals surface area contributed by atoms with Crippen molar-refractivity contribution in [2.75, 3.05) is 6.54 Å². The van der Waals surface area contributed by atoms with Crippen LogP contribution < -0.4 is 10.6 Å². The van der Waals surface area contributed by atoms with E-state index in [1.807, 2.05) is 11.6 Å². The van der Waals surface area contributed by atoms with Crippen LogP contribution in [0.2, 0.25) is 0 Å². The van der Waals surface area contributed by atoms with Gasteiger partial charge in [-0.15, -0.1) is 11.3 Å². The SMILES string of the molecule is CC(NCC1Cc2nc[nH]c2CN1)c1nccs1. The molecule has 2 unspecified atom stereocenters. The van der Waals surface area contributed by atoms with Gasteiger partial charge >= 0.3 is 0 Å². The molecule has 2 aromatic heterocycles. The number of imidazole rings is 1. The van der Waals surface area contributed by atoms with Crippen molar-refractivity contribution in [1.82, 2.24) is 25.6 Å². The van der Waals surface area contributed by atoms with Gasteiger partial charge in [0.1, 0.15) is 5.01 Å². The fraction of sp³-hybridized carbons (Fsp3) is 0.500. The lowest BCUT2D eigenvalue weighted by atomic mass is 10.1. The van der Waals surface area contributed by atoms with Crippen LogP contribution in [0.4, 0.5) is 0 Å². The second kappa shape index (κ2) is 5.17. The van der Waals surface area contributed by atoms with Crippen LogP contribution in [0.25, 0.3) is 0 Å². The number of hydrogen-bond acceptors (Lipinski definition) is 5. The molecule has 5 nitrogen and oxygen atoms in total. The van der Waals surface area contributed by atoms with Gasteiger partial charge in [-0.25, -0.2) is 9.97 Å². The smallest absolute Gasteiger partial charge is 0.109 e. The van der Waals surface area contributed by atoms with E-state index in [1.165, 1.54) is 11.4 Å². The first-order valence-electron chi connectivity index (χ1n) is 6.20. The van der Waals surface area contributed by atoms with Crippen molar-refractivity contribution < 1.29 is 0 Å². The number of hydrogen-bond donors (Lipinski definition) is 3. The Bertz CT molecular complexity index is 492. The molecule has 0 radical (unpaired) electrons. The summed E-state index contributed by atoms with van der Waals surface area (Å²) in [4.78, 5) is 11.8. The maximum Gasteiger partial charge on any atom is 0.109 e. The molecule has 6 heteroatoms. The number of H-pyrrole nitrogens is 1. The highest BCUT2D eigenvalue weighted by atomic mass is 32.1. The highest BCUT2D eigenvalue weighted by Crippen LogP contribution is 2.16. The number of nitrogens with zero attached hydrogens (tertiary/aromatic N) is 2. The third kappa shape index (κ3) is 2.45. The highest BCUT2D eigenvalue weighted by Gasteiger charge is 2.20. The van der Waals surface area contributed by atoms with Crippen LogP contribution in [0.5, 0.6) is 0 Å². The van der Waals surface area contributed by atoms with Crippen LogP contribution in [0, 0.1) is 0 Å². The van der Waals surface area contributed by atoms with Gasteiger partial charge in [0.25, 0.3) is 0 Å². The summed E-state index contributed by atoms with van der Waals surface area (Å²) in [7, 11) is 0. The predicted octanol–water partition coefficient (Wildman–Crippen LogP) is 1.23. The quantitative estimate of drug-likeness (QED) is 0.776. The molecule has 0 aromatic carbocycles. The number of rotatable bonds is 4. The van der Waals surface area contributed by atoms with Crippen molar-refractivity contribution in [2.45, 2.75) is 32.0 Å². The summed E-state index contributed by atoms with van der Waals surface area (Å²) < 4.78 is 0. The van der Waals surface area contributed by atoms with E-state index in [4.69, 9.17) is 0 Å². The Labute approximate surface area is 110 Å². The van der Waals surface area contributed by atoms with Crippen LogP contribution in [0.1, 0.15) is 29.4 Å². The Morgan fingerprint density at radius 1 is 1.56 bits per heavy atom. The van der Waals surface area contributed by atoms with E-state index in [0.717, 1.165) is 24.5 Å². The third-order valence-electron chi connectivity index (χ3n) is 3.31. The van der Waals surface area contributed by atoms with Gasteiger partial charge in [-0.1, -0.05) is 0 Å². The van der Waals surface area contributed by atoms with E-state index in [2.05, 4.69) is 32.5 Å². The van der Waals surface area contributed by atoms with Crippen molar-refractivity contribution in [3.63, 3.8) is 0 Å². The monoisotopic (exact) mass is 263 g/mol. The maximum absolute atomic E-state index is 4.35. The van der Waals surface area contributed by atoms with Gasteiger partial charge in [-0.2, -0.15) is 0 Å². The van der Waals surface area contributed by atoms with E-state index in [9.17, 15) is 0 Å². The second-order valence-corrected chi connectivity index (χ2v) is 5.54. The van der Waals surface area contributed by atoms with Gasteiger partial charge < -0.3 is 15.6 Å². The van der Waals surface area contributed by atoms with Crippen molar-refractivity contribution >= 4 is 11.3 Å². The molecule has 2 atom stereocenters. The molecular weight excluding hydrogens is 246 g/mol. The van der Waals surface area contributed by atoms with Gasteiger partial charge in [0.05, 0.1) is 23.8 Å². The summed E-state index contributed by atoms with van der Waals surface area (Å²) in [6.45, 7) is 3.97. The van der Waals surface area contributed by atoms with Crippen molar-refractivity contribution in [2.24, 2.45) is 0 Å². The molecule has 0 saturated carbocycles. The number of fused-ring (bicyclic) bond motifs is 1. The minimum Gasteiger partial charge on any atom is -0.347 e. The number of aromatic amines is 1. The zero-order chi connectivity index (χ0) is 12.4. The number of nitrogens with one attached hydrogen (secondary N) is 3. The van der Waals surface area contributed by atoms with Crippen molar-refractivity contribution in [3.05, 3.63) is 34.3 Å². The van der Waals surface area contributed by atoms with Crippen LogP contribution >= 0.6 is 11.3 Å². The van der Waals surface area contributed by atoms with E-state index in [0.29, 0.717) is 12.1 Å². The molecule has 18 heavy (non-hydrogen) atoms. The third-order valence-corrected chi connectivity index (χ3v) is 4.27. The molecule has 2 aromatic rings. The second-order valence-electron chi connectivity index (χ2n) is 4.61. The molecular formula is C12H17N5S. The van der Waals surface area contributed by atoms with Crippen LogP contribution in [0.15, 0.2) is 17.9 Å². The van der Waals surface area contributed by atoms with E-state index in [1.54, 1.807) is 17.7 Å². The van der Waals surface area contributed by atoms with Crippen LogP contribution in [-0.4, -0.2) is 27.5 Å². The maximum atomic E-state index is 4.35. The molecule has 0 spiro atoms. The summed E-state index contributed by atoms with van der Waals surface area (Å²) in [6.07, 6.45) is 4.61.